The highest BCUT2D eigenvalue weighted by Gasteiger charge is 2.25. The molecule has 0 saturated carbocycles. The van der Waals surface area contributed by atoms with Gasteiger partial charge in [0, 0.05) is 46.1 Å². The van der Waals surface area contributed by atoms with Gasteiger partial charge in [-0.3, -0.25) is 0 Å². The molecule has 70 heavy (non-hydrogen) atoms. The van der Waals surface area contributed by atoms with Crippen LogP contribution in [0.15, 0.2) is 108 Å². The molecule has 0 spiro atoms. The summed E-state index contributed by atoms with van der Waals surface area (Å²) >= 11 is 25.5. The second-order valence-corrected chi connectivity index (χ2v) is 25.1. The molecule has 4 aliphatic rings. The number of thioether (sulfide) groups is 4. The van der Waals surface area contributed by atoms with Crippen molar-refractivity contribution in [2.45, 2.75) is 59.9 Å². The summed E-state index contributed by atoms with van der Waals surface area (Å²) in [5.41, 5.74) is 11.8. The van der Waals surface area contributed by atoms with E-state index in [1.54, 1.807) is 47.0 Å². The van der Waals surface area contributed by atoms with Gasteiger partial charge in [-0.25, -0.2) is 0 Å². The van der Waals surface area contributed by atoms with Crippen molar-refractivity contribution in [3.05, 3.63) is 130 Å². The Balaban J connectivity index is 1.10. The van der Waals surface area contributed by atoms with Gasteiger partial charge in [0.2, 0.25) is 0 Å². The second kappa shape index (κ2) is 29.6. The van der Waals surface area contributed by atoms with E-state index in [0.717, 1.165) is 83.3 Å². The molecule has 0 aromatic heterocycles. The zero-order valence-electron chi connectivity index (χ0n) is 39.4. The summed E-state index contributed by atoms with van der Waals surface area (Å²) in [4.78, 5) is 0. The molecular formula is C54H64O8S8. The molecule has 8 rings (SSSR count). The first kappa shape index (κ1) is 54.8. The van der Waals surface area contributed by atoms with E-state index in [9.17, 15) is 0 Å². The van der Waals surface area contributed by atoms with Crippen LogP contribution >= 0.6 is 97.6 Å². The van der Waals surface area contributed by atoms with Crippen LogP contribution in [0.3, 0.4) is 0 Å². The number of thiol groups is 4. The zero-order valence-corrected chi connectivity index (χ0v) is 46.2. The maximum absolute atomic E-state index is 6.50. The molecule has 4 aliphatic heterocycles. The summed E-state index contributed by atoms with van der Waals surface area (Å²) in [5.74, 6) is 0. The van der Waals surface area contributed by atoms with Gasteiger partial charge in [-0.2, -0.15) is 0 Å². The Morgan fingerprint density at radius 2 is 0.886 bits per heavy atom. The summed E-state index contributed by atoms with van der Waals surface area (Å²) in [6, 6.07) is 31.7. The van der Waals surface area contributed by atoms with E-state index in [1.165, 1.54) is 27.8 Å². The first-order valence-electron chi connectivity index (χ1n) is 24.1. The van der Waals surface area contributed by atoms with E-state index >= 15 is 0 Å². The molecule has 2 atom stereocenters. The summed E-state index contributed by atoms with van der Waals surface area (Å²) in [6.45, 7) is 8.30. The normalized spacial score (nSPS) is 22.1. The molecule has 16 heteroatoms. The number of rotatable bonds is 10. The highest BCUT2D eigenvalue weighted by molar-refractivity contribution is 8.33. The van der Waals surface area contributed by atoms with Crippen LogP contribution in [0.5, 0.6) is 0 Å². The van der Waals surface area contributed by atoms with Crippen LogP contribution in [0.4, 0.5) is 0 Å². The Labute approximate surface area is 453 Å². The van der Waals surface area contributed by atoms with E-state index in [0.29, 0.717) is 92.5 Å². The molecule has 2 saturated heterocycles. The van der Waals surface area contributed by atoms with Crippen molar-refractivity contribution in [3.63, 3.8) is 0 Å². The van der Waals surface area contributed by atoms with Gasteiger partial charge < -0.3 is 37.9 Å². The summed E-state index contributed by atoms with van der Waals surface area (Å²) in [5, 5.41) is 0. The van der Waals surface area contributed by atoms with E-state index in [2.05, 4.69) is 148 Å². The van der Waals surface area contributed by atoms with Crippen molar-refractivity contribution in [1.29, 1.82) is 0 Å². The van der Waals surface area contributed by atoms with Crippen molar-refractivity contribution in [2.75, 3.05) is 92.5 Å². The molecule has 376 valence electrons. The quantitative estimate of drug-likeness (QED) is 0.114. The number of ether oxygens (including phenoxy) is 8. The number of hydrogen-bond acceptors (Lipinski definition) is 16. The van der Waals surface area contributed by atoms with Crippen LogP contribution in [0.1, 0.15) is 63.5 Å². The third kappa shape index (κ3) is 16.8. The van der Waals surface area contributed by atoms with Crippen LogP contribution in [0.2, 0.25) is 0 Å². The molecule has 2 unspecified atom stereocenters. The zero-order chi connectivity index (χ0) is 48.3. The van der Waals surface area contributed by atoms with Gasteiger partial charge in [-0.1, -0.05) is 138 Å². The van der Waals surface area contributed by atoms with Crippen molar-refractivity contribution in [2.24, 2.45) is 0 Å². The maximum Gasteiger partial charge on any atom is 0.0856 e. The Morgan fingerprint density at radius 3 is 1.44 bits per heavy atom. The van der Waals surface area contributed by atoms with Gasteiger partial charge in [-0.05, 0) is 93.8 Å². The molecule has 0 radical (unpaired) electrons. The van der Waals surface area contributed by atoms with Crippen molar-refractivity contribution >= 4 is 104 Å². The fourth-order valence-electron chi connectivity index (χ4n) is 8.37. The Kier molecular flexibility index (Phi) is 23.2. The third-order valence-corrected chi connectivity index (χ3v) is 20.3. The van der Waals surface area contributed by atoms with Crippen molar-refractivity contribution < 1.29 is 37.9 Å². The van der Waals surface area contributed by atoms with E-state index < -0.39 is 0 Å². The average molecular weight is 1100 g/mol. The highest BCUT2D eigenvalue weighted by atomic mass is 32.2. The third-order valence-electron chi connectivity index (χ3n) is 12.1. The molecule has 0 N–H and O–H groups in total. The lowest BCUT2D eigenvalue weighted by Gasteiger charge is -2.20. The Hall–Kier alpha value is -1.42. The lowest BCUT2D eigenvalue weighted by molar-refractivity contribution is -0.0304. The van der Waals surface area contributed by atoms with Gasteiger partial charge >= 0.3 is 0 Å². The minimum Gasteiger partial charge on any atom is -0.379 e. The van der Waals surface area contributed by atoms with Gasteiger partial charge in [0.25, 0.3) is 0 Å². The van der Waals surface area contributed by atoms with Gasteiger partial charge in [-0.15, -0.1) is 50.5 Å². The fraction of sp³-hybridized carbons (Fsp3) is 0.444. The molecule has 8 nitrogen and oxygen atoms in total. The number of benzene rings is 4. The molecule has 0 aliphatic carbocycles. The maximum atomic E-state index is 6.50. The van der Waals surface area contributed by atoms with Crippen LogP contribution in [-0.4, -0.2) is 105 Å². The molecule has 4 heterocycles. The summed E-state index contributed by atoms with van der Waals surface area (Å²) < 4.78 is 52.4. The molecular weight excluding hydrogens is 1030 g/mol. The molecule has 4 aromatic carbocycles. The van der Waals surface area contributed by atoms with Crippen molar-refractivity contribution in [1.82, 2.24) is 0 Å². The minimum absolute atomic E-state index is 0.0165. The standard InChI is InChI=1S/C54H64O8S8/c63-49-50(64)68-53(67-49)39-7-3-37(4-8-39)47-17-13-41(35-43(47)11-15-45-19-25-59-29-27-55-21-1-23-57-31-33-61-45)42-14-18-48(38-5-9-40(10-6-38)54-69-51(65)52(66)70-54)44(36-42)12-16-46-20-26-60-30-28-56-22-2-24-58-32-34-62-46/h3-11,13-15,17-18,35-36,45-46,53-54,63-66H,1-2,12,16,19-34H2/b15-11+. The number of hydrogen-bond donors (Lipinski definition) is 4. The smallest absolute Gasteiger partial charge is 0.0856 e. The van der Waals surface area contributed by atoms with Crippen molar-refractivity contribution in [3.8, 4) is 33.4 Å². The lowest BCUT2D eigenvalue weighted by Crippen LogP contribution is -2.21. The SMILES string of the molecule is SC1=C(S)SC(c2ccc(-c3ccc(-c4ccc(-c5ccc(C6SC(S)=C(S)S6)cc5)c(CCC5CCOCCOCCCOCCO5)c4)cc3/C=C/C3CCOCCOCCCOCCO3)cc2)S1. The van der Waals surface area contributed by atoms with Gasteiger partial charge in [0.05, 0.1) is 91.2 Å². The minimum atomic E-state index is -0.155. The first-order valence-corrected chi connectivity index (χ1v) is 29.5. The molecule has 0 bridgehead atoms. The van der Waals surface area contributed by atoms with E-state index in [1.807, 2.05) is 0 Å². The van der Waals surface area contributed by atoms with Crippen LogP contribution in [0, 0.1) is 0 Å². The highest BCUT2D eigenvalue weighted by Crippen LogP contribution is 2.58. The largest absolute Gasteiger partial charge is 0.379 e. The van der Waals surface area contributed by atoms with E-state index in [4.69, 9.17) is 37.9 Å². The van der Waals surface area contributed by atoms with Crippen LogP contribution < -0.4 is 0 Å². The second-order valence-electron chi connectivity index (χ2n) is 17.0. The molecule has 4 aromatic rings. The predicted molar refractivity (Wildman–Crippen MR) is 309 cm³/mol. The predicted octanol–water partition coefficient (Wildman–Crippen LogP) is 14.0. The summed E-state index contributed by atoms with van der Waals surface area (Å²) in [6.07, 6.45) is 9.17. The topological polar surface area (TPSA) is 73.8 Å². The fourth-order valence-corrected chi connectivity index (χ4v) is 15.6. The van der Waals surface area contributed by atoms with Gasteiger partial charge in [0.15, 0.2) is 0 Å². The monoisotopic (exact) mass is 1100 g/mol. The number of aryl methyl sites for hydroxylation is 1. The van der Waals surface area contributed by atoms with E-state index in [-0.39, 0.29) is 21.4 Å². The Bertz CT molecular complexity index is 2310. The average Bonchev–Trinajstić information content (AvgIpc) is 3.91. The first-order chi connectivity index (χ1) is 34.4. The molecule has 0 amide bonds. The lowest BCUT2D eigenvalue weighted by atomic mass is 9.89. The Morgan fingerprint density at radius 1 is 0.443 bits per heavy atom. The van der Waals surface area contributed by atoms with Crippen LogP contribution in [0.25, 0.3) is 39.5 Å². The molecule has 2 fully saturated rings. The summed E-state index contributed by atoms with van der Waals surface area (Å²) in [7, 11) is 0. The van der Waals surface area contributed by atoms with Crippen LogP contribution in [-0.2, 0) is 44.3 Å². The van der Waals surface area contributed by atoms with Gasteiger partial charge in [0.1, 0.15) is 0 Å².